The van der Waals surface area contributed by atoms with Gasteiger partial charge in [0, 0.05) is 37.1 Å². The molecule has 1 atom stereocenters. The van der Waals surface area contributed by atoms with Crippen molar-refractivity contribution in [1.29, 1.82) is 0 Å². The van der Waals surface area contributed by atoms with E-state index in [1.807, 2.05) is 18.2 Å². The molecule has 0 bridgehead atoms. The molecule has 2 aliphatic rings. The maximum atomic E-state index is 14.5. The van der Waals surface area contributed by atoms with E-state index in [0.29, 0.717) is 48.8 Å². The lowest BCUT2D eigenvalue weighted by Crippen LogP contribution is -2.52. The van der Waals surface area contributed by atoms with Crippen molar-refractivity contribution >= 4 is 40.3 Å². The van der Waals surface area contributed by atoms with Gasteiger partial charge < -0.3 is 19.5 Å². The summed E-state index contributed by atoms with van der Waals surface area (Å²) in [4.78, 5) is 54.6. The number of hydrogen-bond donors (Lipinski definition) is 1. The Morgan fingerprint density at radius 1 is 1.06 bits per heavy atom. The predicted octanol–water partition coefficient (Wildman–Crippen LogP) is 2.89. The molecule has 2 saturated heterocycles. The van der Waals surface area contributed by atoms with Crippen molar-refractivity contribution < 1.29 is 28.0 Å². The molecule has 4 amide bonds. The van der Waals surface area contributed by atoms with Gasteiger partial charge in [0.15, 0.2) is 11.3 Å². The molecular formula is C26H25FN4O5. The molecule has 0 spiro atoms. The van der Waals surface area contributed by atoms with Crippen molar-refractivity contribution in [2.24, 2.45) is 0 Å². The normalized spacial score (nSPS) is 20.2. The minimum atomic E-state index is -1.42. The van der Waals surface area contributed by atoms with Gasteiger partial charge in [-0.05, 0) is 44.2 Å². The van der Waals surface area contributed by atoms with Crippen LogP contribution >= 0.6 is 0 Å². The molecule has 2 fully saturated rings. The minimum Gasteiger partial charge on any atom is -0.458 e. The van der Waals surface area contributed by atoms with Gasteiger partial charge >= 0.3 is 6.03 Å². The number of furan rings is 1. The molecule has 3 heterocycles. The monoisotopic (exact) mass is 492 g/mol. The number of para-hydroxylation sites is 1. The van der Waals surface area contributed by atoms with E-state index in [0.717, 1.165) is 10.3 Å². The number of piperazine rings is 1. The Kier molecular flexibility index (Phi) is 5.74. The zero-order valence-corrected chi connectivity index (χ0v) is 19.9. The number of hydrogen-bond acceptors (Lipinski definition) is 6. The van der Waals surface area contributed by atoms with Crippen LogP contribution in [0.3, 0.4) is 0 Å². The molecular weight excluding hydrogens is 467 g/mol. The molecule has 0 radical (unpaired) electrons. The summed E-state index contributed by atoms with van der Waals surface area (Å²) in [5.74, 6) is -1.35. The van der Waals surface area contributed by atoms with E-state index in [2.05, 4.69) is 5.32 Å². The van der Waals surface area contributed by atoms with Gasteiger partial charge in [-0.2, -0.15) is 0 Å². The highest BCUT2D eigenvalue weighted by atomic mass is 19.1. The van der Waals surface area contributed by atoms with E-state index in [-0.39, 0.29) is 11.7 Å². The minimum absolute atomic E-state index is 0.215. The lowest BCUT2D eigenvalue weighted by atomic mass is 9.99. The highest BCUT2D eigenvalue weighted by Crippen LogP contribution is 2.33. The number of fused-ring (bicyclic) bond motifs is 1. The van der Waals surface area contributed by atoms with Crippen LogP contribution in [0.25, 0.3) is 11.0 Å². The van der Waals surface area contributed by atoms with Crippen molar-refractivity contribution in [3.05, 3.63) is 65.7 Å². The molecule has 2 aromatic carbocycles. The van der Waals surface area contributed by atoms with Gasteiger partial charge in [0.25, 0.3) is 5.91 Å². The topological polar surface area (TPSA) is 103 Å². The molecule has 36 heavy (non-hydrogen) atoms. The van der Waals surface area contributed by atoms with Crippen LogP contribution in [0.5, 0.6) is 0 Å². The molecule has 9 nitrogen and oxygen atoms in total. The van der Waals surface area contributed by atoms with Crippen molar-refractivity contribution in [3.63, 3.8) is 0 Å². The van der Waals surface area contributed by atoms with Gasteiger partial charge in [0.2, 0.25) is 5.91 Å². The van der Waals surface area contributed by atoms with Gasteiger partial charge in [-0.15, -0.1) is 0 Å². The zero-order valence-electron chi connectivity index (χ0n) is 19.9. The van der Waals surface area contributed by atoms with Gasteiger partial charge in [-0.25, -0.2) is 9.18 Å². The fraction of sp³-hybridized carbons (Fsp3) is 0.308. The van der Waals surface area contributed by atoms with Crippen molar-refractivity contribution in [3.8, 4) is 0 Å². The first-order valence-corrected chi connectivity index (χ1v) is 11.6. The van der Waals surface area contributed by atoms with E-state index < -0.39 is 29.8 Å². The van der Waals surface area contributed by atoms with Crippen LogP contribution in [-0.2, 0) is 15.1 Å². The molecule has 0 aliphatic carbocycles. The molecule has 1 unspecified atom stereocenters. The number of anilines is 1. The van der Waals surface area contributed by atoms with Gasteiger partial charge in [-0.3, -0.25) is 19.3 Å². The number of carbonyl (C=O) groups excluding carboxylic acids is 4. The third-order valence-corrected chi connectivity index (χ3v) is 6.81. The number of urea groups is 1. The number of imide groups is 1. The van der Waals surface area contributed by atoms with Crippen LogP contribution in [-0.4, -0.2) is 66.2 Å². The van der Waals surface area contributed by atoms with Crippen molar-refractivity contribution in [2.45, 2.75) is 19.4 Å². The maximum Gasteiger partial charge on any atom is 0.325 e. The van der Waals surface area contributed by atoms with Gasteiger partial charge in [0.05, 0.1) is 5.69 Å². The van der Waals surface area contributed by atoms with E-state index in [1.165, 1.54) is 13.0 Å². The fourth-order valence-corrected chi connectivity index (χ4v) is 4.65. The van der Waals surface area contributed by atoms with E-state index in [9.17, 15) is 23.6 Å². The number of halogens is 1. The Hall–Kier alpha value is -4.21. The van der Waals surface area contributed by atoms with Crippen LogP contribution < -0.4 is 10.2 Å². The third kappa shape index (κ3) is 3.98. The van der Waals surface area contributed by atoms with E-state index in [4.69, 9.17) is 4.42 Å². The summed E-state index contributed by atoms with van der Waals surface area (Å²) in [7, 11) is 0. The van der Waals surface area contributed by atoms with Crippen LogP contribution in [0.2, 0.25) is 0 Å². The first-order chi connectivity index (χ1) is 17.2. The average molecular weight is 493 g/mol. The summed E-state index contributed by atoms with van der Waals surface area (Å²) < 4.78 is 20.3. The SMILES string of the molecule is CC(=O)c1ccc(N2CCN(C(=O)CN3C(=O)NC(C)(c4cc5ccccc5o4)C3=O)CC2)c(F)c1. The zero-order chi connectivity index (χ0) is 25.6. The second kappa shape index (κ2) is 8.78. The van der Waals surface area contributed by atoms with E-state index >= 15 is 0 Å². The summed E-state index contributed by atoms with van der Waals surface area (Å²) >= 11 is 0. The summed E-state index contributed by atoms with van der Waals surface area (Å²) in [5, 5.41) is 3.46. The quantitative estimate of drug-likeness (QED) is 0.434. The molecule has 186 valence electrons. The fourth-order valence-electron chi connectivity index (χ4n) is 4.65. The maximum absolute atomic E-state index is 14.5. The number of ketones is 1. The number of nitrogens with one attached hydrogen (secondary N) is 1. The van der Waals surface area contributed by atoms with Crippen LogP contribution in [0.15, 0.2) is 52.9 Å². The number of amides is 4. The third-order valence-electron chi connectivity index (χ3n) is 6.81. The smallest absolute Gasteiger partial charge is 0.325 e. The Balaban J connectivity index is 1.24. The highest BCUT2D eigenvalue weighted by molar-refractivity contribution is 6.09. The number of rotatable bonds is 5. The average Bonchev–Trinajstić information content (AvgIpc) is 3.40. The number of benzene rings is 2. The molecule has 3 aromatic rings. The molecule has 0 saturated carbocycles. The first-order valence-electron chi connectivity index (χ1n) is 11.6. The Bertz CT molecular complexity index is 1360. The number of carbonyl (C=O) groups is 4. The summed E-state index contributed by atoms with van der Waals surface area (Å²) in [6, 6.07) is 12.7. The summed E-state index contributed by atoms with van der Waals surface area (Å²) in [5.41, 5.74) is -0.162. The number of nitrogens with zero attached hydrogens (tertiary/aromatic N) is 3. The van der Waals surface area contributed by atoms with Gasteiger partial charge in [-0.1, -0.05) is 18.2 Å². The summed E-state index contributed by atoms with van der Waals surface area (Å²) in [6.45, 7) is 3.89. The van der Waals surface area contributed by atoms with Crippen LogP contribution in [0.4, 0.5) is 14.9 Å². The second-order valence-electron chi connectivity index (χ2n) is 9.19. The highest BCUT2D eigenvalue weighted by Gasteiger charge is 2.52. The van der Waals surface area contributed by atoms with Crippen molar-refractivity contribution in [2.75, 3.05) is 37.6 Å². The Labute approximate surface area is 206 Å². The lowest BCUT2D eigenvalue weighted by Gasteiger charge is -2.36. The van der Waals surface area contributed by atoms with Crippen LogP contribution in [0.1, 0.15) is 30.0 Å². The lowest BCUT2D eigenvalue weighted by molar-refractivity contribution is -0.139. The van der Waals surface area contributed by atoms with Crippen molar-refractivity contribution in [1.82, 2.24) is 15.1 Å². The first kappa shape index (κ1) is 23.5. The van der Waals surface area contributed by atoms with Gasteiger partial charge in [0.1, 0.15) is 23.7 Å². The molecule has 1 N–H and O–H groups in total. The Morgan fingerprint density at radius 3 is 2.44 bits per heavy atom. The van der Waals surface area contributed by atoms with Crippen LogP contribution in [0, 0.1) is 5.82 Å². The molecule has 5 rings (SSSR count). The predicted molar refractivity (Wildman–Crippen MR) is 129 cm³/mol. The standard InChI is InChI=1S/C26H25FN4O5/c1-16(32)17-7-8-20(19(27)13-17)29-9-11-30(12-10-29)23(33)15-31-24(34)26(2,28-25(31)35)22-14-18-5-3-4-6-21(18)36-22/h3-8,13-14H,9-12,15H2,1-2H3,(H,28,35). The Morgan fingerprint density at radius 2 is 1.78 bits per heavy atom. The molecule has 2 aliphatic heterocycles. The molecule has 1 aromatic heterocycles. The molecule has 10 heteroatoms. The van der Waals surface area contributed by atoms with E-state index in [1.54, 1.807) is 41.0 Å². The largest absolute Gasteiger partial charge is 0.458 e. The summed E-state index contributed by atoms with van der Waals surface area (Å²) in [6.07, 6.45) is 0. The second-order valence-corrected chi connectivity index (χ2v) is 9.19. The number of Topliss-reactive ketones (excluding diaryl/α,β-unsaturated/α-hetero) is 1.